The maximum absolute atomic E-state index is 5.08. The van der Waals surface area contributed by atoms with Crippen molar-refractivity contribution in [2.24, 2.45) is 0 Å². The second kappa shape index (κ2) is 8.72. The summed E-state index contributed by atoms with van der Waals surface area (Å²) in [6, 6.07) is 31.7. The fourth-order valence-electron chi connectivity index (χ4n) is 4.61. The van der Waals surface area contributed by atoms with Gasteiger partial charge in [0.1, 0.15) is 11.2 Å². The summed E-state index contributed by atoms with van der Waals surface area (Å²) in [6.07, 6.45) is 6.49. The third-order valence-electron chi connectivity index (χ3n) is 6.63. The van der Waals surface area contributed by atoms with Crippen molar-refractivity contribution in [3.63, 3.8) is 0 Å². The molecule has 2 aromatic carbocycles. The molecule has 4 heteroatoms. The first kappa shape index (κ1) is 22.2. The second-order valence-corrected chi connectivity index (χ2v) is 10.3. The van der Waals surface area contributed by atoms with Crippen LogP contribution in [0.5, 0.6) is 0 Å². The Hall–Kier alpha value is -4.31. The van der Waals surface area contributed by atoms with Gasteiger partial charge in [0.15, 0.2) is 18.9 Å². The van der Waals surface area contributed by atoms with Crippen LogP contribution in [0.15, 0.2) is 110 Å². The molecule has 0 saturated carbocycles. The molecule has 0 radical (unpaired) electrons. The number of hydrogen-bond acceptors (Lipinski definition) is 2. The molecule has 0 N–H and O–H groups in total. The number of benzene rings is 2. The molecule has 0 fully saturated rings. The highest BCUT2D eigenvalue weighted by Crippen LogP contribution is 2.33. The molecule has 4 aromatic heterocycles. The molecule has 0 unspecified atom stereocenters. The van der Waals surface area contributed by atoms with Crippen LogP contribution in [0.1, 0.15) is 32.0 Å². The number of aromatic nitrogens is 4. The van der Waals surface area contributed by atoms with E-state index in [2.05, 4.69) is 133 Å². The Bertz CT molecular complexity index is 1660. The fourth-order valence-corrected chi connectivity index (χ4v) is 4.61. The quantitative estimate of drug-likeness (QED) is 0.265. The van der Waals surface area contributed by atoms with E-state index in [1.807, 2.05) is 6.07 Å². The monoisotopic (exact) mass is 469 g/mol. The zero-order valence-corrected chi connectivity index (χ0v) is 20.9. The molecule has 0 aliphatic rings. The van der Waals surface area contributed by atoms with Gasteiger partial charge in [-0.3, -0.25) is 4.40 Å². The van der Waals surface area contributed by atoms with Crippen LogP contribution >= 0.6 is 0 Å². The SMILES string of the molecule is CC(C)(C)c1cc2c(nc3ccc(-c4cc[n+](Cc5ccccc5)cc4)cn32)c(-c2ccccc2)n1. The molecule has 0 saturated heterocycles. The number of hydrogen-bond donors (Lipinski definition) is 0. The molecule has 6 aromatic rings. The highest BCUT2D eigenvalue weighted by Gasteiger charge is 2.21. The fraction of sp³-hybridized carbons (Fsp3) is 0.156. The molecular formula is C32H29N4+. The van der Waals surface area contributed by atoms with Gasteiger partial charge in [-0.25, -0.2) is 14.5 Å². The van der Waals surface area contributed by atoms with Crippen molar-refractivity contribution in [2.75, 3.05) is 0 Å². The van der Waals surface area contributed by atoms with Gasteiger partial charge in [0, 0.05) is 40.6 Å². The van der Waals surface area contributed by atoms with Crippen LogP contribution < -0.4 is 4.57 Å². The lowest BCUT2D eigenvalue weighted by atomic mass is 9.91. The van der Waals surface area contributed by atoms with E-state index in [-0.39, 0.29) is 5.41 Å². The number of fused-ring (bicyclic) bond motifs is 3. The van der Waals surface area contributed by atoms with Crippen molar-refractivity contribution in [3.8, 4) is 22.4 Å². The van der Waals surface area contributed by atoms with Gasteiger partial charge in [-0.05, 0) is 29.3 Å². The molecule has 0 spiro atoms. The second-order valence-electron chi connectivity index (χ2n) is 10.3. The van der Waals surface area contributed by atoms with Crippen LogP contribution in [0.25, 0.3) is 39.1 Å². The third-order valence-corrected chi connectivity index (χ3v) is 6.63. The van der Waals surface area contributed by atoms with E-state index in [4.69, 9.17) is 9.97 Å². The van der Waals surface area contributed by atoms with Crippen LogP contribution in [0.3, 0.4) is 0 Å². The Morgan fingerprint density at radius 2 is 1.42 bits per heavy atom. The van der Waals surface area contributed by atoms with Gasteiger partial charge in [0.2, 0.25) is 0 Å². The van der Waals surface area contributed by atoms with Crippen LogP contribution in [-0.2, 0) is 12.0 Å². The minimum absolute atomic E-state index is 0.0781. The normalized spacial score (nSPS) is 11.9. The van der Waals surface area contributed by atoms with E-state index in [0.29, 0.717) is 0 Å². The molecule has 6 rings (SSSR count). The lowest BCUT2D eigenvalue weighted by molar-refractivity contribution is -0.688. The molecule has 0 amide bonds. The van der Waals surface area contributed by atoms with Gasteiger partial charge in [-0.2, -0.15) is 0 Å². The number of rotatable bonds is 4. The standard InChI is InChI=1S/C32H29N4/c1-32(2,3)28-20-27-31(30(33-28)25-12-8-5-9-13-25)34-29-15-14-26(22-36(27)29)24-16-18-35(19-17-24)21-23-10-6-4-7-11-23/h4-20,22H,21H2,1-3H3/q+1. The summed E-state index contributed by atoms with van der Waals surface area (Å²) in [5.41, 5.74) is 9.57. The first-order valence-corrected chi connectivity index (χ1v) is 12.4. The van der Waals surface area contributed by atoms with Gasteiger partial charge >= 0.3 is 0 Å². The van der Waals surface area contributed by atoms with E-state index in [9.17, 15) is 0 Å². The first-order valence-electron chi connectivity index (χ1n) is 12.4. The maximum atomic E-state index is 5.08. The van der Waals surface area contributed by atoms with Gasteiger partial charge in [-0.15, -0.1) is 0 Å². The topological polar surface area (TPSA) is 34.1 Å². The highest BCUT2D eigenvalue weighted by atomic mass is 15.0. The number of nitrogens with zero attached hydrogens (tertiary/aromatic N) is 4. The summed E-state index contributed by atoms with van der Waals surface area (Å²) in [6.45, 7) is 7.48. The van der Waals surface area contributed by atoms with E-state index in [1.54, 1.807) is 0 Å². The molecule has 0 atom stereocenters. The summed E-state index contributed by atoms with van der Waals surface area (Å²) in [4.78, 5) is 10.1. The molecule has 0 aliphatic carbocycles. The van der Waals surface area contributed by atoms with E-state index in [1.165, 1.54) is 11.1 Å². The summed E-state index contributed by atoms with van der Waals surface area (Å²) in [7, 11) is 0. The molecule has 0 bridgehead atoms. The van der Waals surface area contributed by atoms with Gasteiger partial charge in [0.05, 0.1) is 11.2 Å². The minimum atomic E-state index is -0.0781. The maximum Gasteiger partial charge on any atom is 0.173 e. The van der Waals surface area contributed by atoms with Crippen LogP contribution in [0, 0.1) is 0 Å². The predicted octanol–water partition coefficient (Wildman–Crippen LogP) is 6.85. The molecule has 4 nitrogen and oxygen atoms in total. The third kappa shape index (κ3) is 4.16. The van der Waals surface area contributed by atoms with Crippen molar-refractivity contribution in [3.05, 3.63) is 121 Å². The summed E-state index contributed by atoms with van der Waals surface area (Å²) in [5, 5.41) is 0. The minimum Gasteiger partial charge on any atom is -0.299 e. The smallest absolute Gasteiger partial charge is 0.173 e. The Morgan fingerprint density at radius 1 is 0.722 bits per heavy atom. The van der Waals surface area contributed by atoms with Gasteiger partial charge < -0.3 is 0 Å². The highest BCUT2D eigenvalue weighted by molar-refractivity contribution is 5.93. The van der Waals surface area contributed by atoms with Gasteiger partial charge in [-0.1, -0.05) is 81.4 Å². The molecule has 4 heterocycles. The Morgan fingerprint density at radius 3 is 2.11 bits per heavy atom. The van der Waals surface area contributed by atoms with Crippen LogP contribution in [-0.4, -0.2) is 14.4 Å². The summed E-state index contributed by atoms with van der Waals surface area (Å²) >= 11 is 0. The Kier molecular flexibility index (Phi) is 5.37. The van der Waals surface area contributed by atoms with Crippen molar-refractivity contribution in [1.29, 1.82) is 0 Å². The van der Waals surface area contributed by atoms with Crippen molar-refractivity contribution in [2.45, 2.75) is 32.7 Å². The molecule has 36 heavy (non-hydrogen) atoms. The lowest BCUT2D eigenvalue weighted by Crippen LogP contribution is -2.32. The number of pyridine rings is 3. The van der Waals surface area contributed by atoms with E-state index >= 15 is 0 Å². The average molecular weight is 470 g/mol. The first-order chi connectivity index (χ1) is 17.5. The van der Waals surface area contributed by atoms with E-state index < -0.39 is 0 Å². The zero-order valence-electron chi connectivity index (χ0n) is 20.9. The molecule has 176 valence electrons. The summed E-state index contributed by atoms with van der Waals surface area (Å²) < 4.78 is 4.41. The van der Waals surface area contributed by atoms with Crippen molar-refractivity contribution >= 4 is 16.7 Å². The predicted molar refractivity (Wildman–Crippen MR) is 146 cm³/mol. The Balaban J connectivity index is 1.45. The van der Waals surface area contributed by atoms with Crippen LogP contribution in [0.4, 0.5) is 0 Å². The van der Waals surface area contributed by atoms with Crippen LogP contribution in [0.2, 0.25) is 0 Å². The lowest BCUT2D eigenvalue weighted by Gasteiger charge is -2.19. The molecular weight excluding hydrogens is 440 g/mol. The zero-order chi connectivity index (χ0) is 24.7. The Labute approximate surface area is 211 Å². The number of imidazole rings is 1. The van der Waals surface area contributed by atoms with Crippen molar-refractivity contribution in [1.82, 2.24) is 14.4 Å². The van der Waals surface area contributed by atoms with E-state index in [0.717, 1.165) is 45.7 Å². The van der Waals surface area contributed by atoms with Crippen molar-refractivity contribution < 1.29 is 4.57 Å². The summed E-state index contributed by atoms with van der Waals surface area (Å²) in [5.74, 6) is 0. The average Bonchev–Trinajstić information content (AvgIpc) is 3.27. The largest absolute Gasteiger partial charge is 0.299 e. The van der Waals surface area contributed by atoms with Gasteiger partial charge in [0.25, 0.3) is 0 Å². The molecule has 0 aliphatic heterocycles.